The van der Waals surface area contributed by atoms with Gasteiger partial charge in [0, 0.05) is 11.9 Å². The highest BCUT2D eigenvalue weighted by Crippen LogP contribution is 2.32. The average Bonchev–Trinajstić information content (AvgIpc) is 3.07. The Bertz CT molecular complexity index is 867. The van der Waals surface area contributed by atoms with Crippen molar-refractivity contribution in [1.29, 1.82) is 0 Å². The third-order valence-electron chi connectivity index (χ3n) is 3.78. The molecule has 23 heavy (non-hydrogen) atoms. The van der Waals surface area contributed by atoms with Gasteiger partial charge < -0.3 is 19.9 Å². The lowest BCUT2D eigenvalue weighted by molar-refractivity contribution is 0.174. The number of rotatable bonds is 4. The monoisotopic (exact) mass is 309 g/mol. The van der Waals surface area contributed by atoms with E-state index in [0.29, 0.717) is 6.54 Å². The van der Waals surface area contributed by atoms with Gasteiger partial charge in [0.15, 0.2) is 11.5 Å². The number of aliphatic hydroxyl groups is 1. The van der Waals surface area contributed by atoms with E-state index in [1.807, 2.05) is 36.4 Å². The van der Waals surface area contributed by atoms with Crippen LogP contribution < -0.4 is 14.8 Å². The van der Waals surface area contributed by atoms with Crippen LogP contribution in [0.15, 0.2) is 42.7 Å². The smallest absolute Gasteiger partial charge is 0.231 e. The minimum atomic E-state index is -0.00750. The van der Waals surface area contributed by atoms with Crippen LogP contribution in [0.25, 0.3) is 10.9 Å². The van der Waals surface area contributed by atoms with E-state index in [9.17, 15) is 5.11 Å². The minimum Gasteiger partial charge on any atom is -0.454 e. The van der Waals surface area contributed by atoms with E-state index >= 15 is 0 Å². The van der Waals surface area contributed by atoms with E-state index in [1.165, 1.54) is 6.33 Å². The number of nitrogens with one attached hydrogen (secondary N) is 1. The van der Waals surface area contributed by atoms with Crippen LogP contribution in [-0.4, -0.2) is 21.9 Å². The van der Waals surface area contributed by atoms with Gasteiger partial charge in [-0.05, 0) is 35.4 Å². The van der Waals surface area contributed by atoms with Crippen LogP contribution in [0.3, 0.4) is 0 Å². The van der Waals surface area contributed by atoms with Crippen LogP contribution >= 0.6 is 0 Å². The maximum Gasteiger partial charge on any atom is 0.231 e. The zero-order valence-electron chi connectivity index (χ0n) is 12.3. The maximum absolute atomic E-state index is 9.30. The van der Waals surface area contributed by atoms with Gasteiger partial charge in [-0.1, -0.05) is 12.1 Å². The molecule has 0 atom stereocenters. The molecular formula is C17H15N3O3. The zero-order chi connectivity index (χ0) is 15.6. The predicted molar refractivity (Wildman–Crippen MR) is 85.4 cm³/mol. The SMILES string of the molecule is OCc1ccc2ncnc(NCc3ccc4c(c3)OCO4)c2c1. The quantitative estimate of drug-likeness (QED) is 0.771. The molecule has 0 fully saturated rings. The van der Waals surface area contributed by atoms with Crippen molar-refractivity contribution in [2.24, 2.45) is 0 Å². The first-order valence-electron chi connectivity index (χ1n) is 7.30. The van der Waals surface area contributed by atoms with Gasteiger partial charge in [0.1, 0.15) is 12.1 Å². The van der Waals surface area contributed by atoms with E-state index in [1.54, 1.807) is 0 Å². The van der Waals surface area contributed by atoms with Crippen LogP contribution in [-0.2, 0) is 13.2 Å². The summed E-state index contributed by atoms with van der Waals surface area (Å²) in [5.74, 6) is 2.27. The summed E-state index contributed by atoms with van der Waals surface area (Å²) >= 11 is 0. The molecule has 2 heterocycles. The van der Waals surface area contributed by atoms with Gasteiger partial charge >= 0.3 is 0 Å². The summed E-state index contributed by atoms with van der Waals surface area (Å²) in [4.78, 5) is 8.56. The van der Waals surface area contributed by atoms with Crippen molar-refractivity contribution in [1.82, 2.24) is 9.97 Å². The Kier molecular flexibility index (Phi) is 3.44. The number of aromatic nitrogens is 2. The van der Waals surface area contributed by atoms with Crippen LogP contribution in [0.5, 0.6) is 11.5 Å². The Morgan fingerprint density at radius 3 is 2.78 bits per heavy atom. The van der Waals surface area contributed by atoms with E-state index in [2.05, 4.69) is 15.3 Å². The highest BCUT2D eigenvalue weighted by molar-refractivity contribution is 5.89. The van der Waals surface area contributed by atoms with E-state index in [0.717, 1.165) is 39.3 Å². The fourth-order valence-corrected chi connectivity index (χ4v) is 2.58. The molecule has 0 saturated carbocycles. The summed E-state index contributed by atoms with van der Waals surface area (Å²) in [6.07, 6.45) is 1.53. The zero-order valence-corrected chi connectivity index (χ0v) is 12.3. The standard InChI is InChI=1S/C17H15N3O3/c21-8-12-1-3-14-13(5-12)17(20-9-19-14)18-7-11-2-4-15-16(6-11)23-10-22-15/h1-6,9,21H,7-8,10H2,(H,18,19,20). The summed E-state index contributed by atoms with van der Waals surface area (Å²) in [5, 5.41) is 13.5. The Labute approximate surface area is 132 Å². The van der Waals surface area contributed by atoms with Gasteiger partial charge in [-0.15, -0.1) is 0 Å². The summed E-state index contributed by atoms with van der Waals surface area (Å²) in [6.45, 7) is 0.866. The van der Waals surface area contributed by atoms with E-state index < -0.39 is 0 Å². The molecule has 0 amide bonds. The average molecular weight is 309 g/mol. The molecule has 0 unspecified atom stereocenters. The normalized spacial score (nSPS) is 12.6. The number of nitrogens with zero attached hydrogens (tertiary/aromatic N) is 2. The minimum absolute atomic E-state index is 0.00750. The highest BCUT2D eigenvalue weighted by Gasteiger charge is 2.13. The van der Waals surface area contributed by atoms with Crippen molar-refractivity contribution in [3.63, 3.8) is 0 Å². The van der Waals surface area contributed by atoms with Crippen molar-refractivity contribution in [2.45, 2.75) is 13.2 Å². The lowest BCUT2D eigenvalue weighted by Crippen LogP contribution is -2.03. The highest BCUT2D eigenvalue weighted by atomic mass is 16.7. The second-order valence-electron chi connectivity index (χ2n) is 5.27. The fraction of sp³-hybridized carbons (Fsp3) is 0.176. The molecule has 0 bridgehead atoms. The summed E-state index contributed by atoms with van der Waals surface area (Å²) in [6, 6.07) is 11.5. The van der Waals surface area contributed by atoms with Gasteiger partial charge in [0.2, 0.25) is 6.79 Å². The molecule has 2 N–H and O–H groups in total. The third-order valence-corrected chi connectivity index (χ3v) is 3.78. The number of fused-ring (bicyclic) bond motifs is 2. The topological polar surface area (TPSA) is 76.5 Å². The first-order valence-corrected chi connectivity index (χ1v) is 7.30. The van der Waals surface area contributed by atoms with Crippen LogP contribution in [0.4, 0.5) is 5.82 Å². The predicted octanol–water partition coefficient (Wildman–Crippen LogP) is 2.46. The molecule has 0 radical (unpaired) electrons. The summed E-state index contributed by atoms with van der Waals surface area (Å²) < 4.78 is 10.7. The van der Waals surface area contributed by atoms with Crippen molar-refractivity contribution >= 4 is 16.7 Å². The fourth-order valence-electron chi connectivity index (χ4n) is 2.58. The van der Waals surface area contributed by atoms with Crippen molar-refractivity contribution in [3.8, 4) is 11.5 Å². The molecule has 6 nitrogen and oxygen atoms in total. The Morgan fingerprint density at radius 2 is 1.87 bits per heavy atom. The molecule has 1 aliphatic rings. The molecule has 1 aliphatic heterocycles. The van der Waals surface area contributed by atoms with Crippen LogP contribution in [0.1, 0.15) is 11.1 Å². The number of benzene rings is 2. The number of hydrogen-bond donors (Lipinski definition) is 2. The Balaban J connectivity index is 1.60. The molecule has 6 heteroatoms. The number of hydrogen-bond acceptors (Lipinski definition) is 6. The molecule has 1 aromatic heterocycles. The first kappa shape index (κ1) is 13.8. The first-order chi connectivity index (χ1) is 11.3. The molecule has 116 valence electrons. The summed E-state index contributed by atoms with van der Waals surface area (Å²) in [7, 11) is 0. The maximum atomic E-state index is 9.30. The second kappa shape index (κ2) is 5.73. The van der Waals surface area contributed by atoms with Crippen molar-refractivity contribution in [3.05, 3.63) is 53.9 Å². The number of anilines is 1. The van der Waals surface area contributed by atoms with Crippen molar-refractivity contribution < 1.29 is 14.6 Å². The van der Waals surface area contributed by atoms with E-state index in [-0.39, 0.29) is 13.4 Å². The van der Waals surface area contributed by atoms with Crippen molar-refractivity contribution in [2.75, 3.05) is 12.1 Å². The molecule has 3 aromatic rings. The molecule has 0 aliphatic carbocycles. The molecule has 2 aromatic carbocycles. The van der Waals surface area contributed by atoms with Crippen LogP contribution in [0, 0.1) is 0 Å². The third kappa shape index (κ3) is 2.64. The molecule has 4 rings (SSSR count). The Morgan fingerprint density at radius 1 is 1.00 bits per heavy atom. The van der Waals surface area contributed by atoms with Gasteiger partial charge in [-0.3, -0.25) is 0 Å². The lowest BCUT2D eigenvalue weighted by Gasteiger charge is -2.09. The number of ether oxygens (including phenoxy) is 2. The molecule has 0 spiro atoms. The Hall–Kier alpha value is -2.86. The van der Waals surface area contributed by atoms with E-state index in [4.69, 9.17) is 9.47 Å². The van der Waals surface area contributed by atoms with Gasteiger partial charge in [-0.25, -0.2) is 9.97 Å². The van der Waals surface area contributed by atoms with Gasteiger partial charge in [0.25, 0.3) is 0 Å². The second-order valence-corrected chi connectivity index (χ2v) is 5.27. The molecule has 0 saturated heterocycles. The van der Waals surface area contributed by atoms with Crippen LogP contribution in [0.2, 0.25) is 0 Å². The summed E-state index contributed by atoms with van der Waals surface area (Å²) in [5.41, 5.74) is 2.74. The molecular weight excluding hydrogens is 294 g/mol. The largest absolute Gasteiger partial charge is 0.454 e. The number of aliphatic hydroxyl groups excluding tert-OH is 1. The van der Waals surface area contributed by atoms with Gasteiger partial charge in [0.05, 0.1) is 12.1 Å². The van der Waals surface area contributed by atoms with Gasteiger partial charge in [-0.2, -0.15) is 0 Å². The lowest BCUT2D eigenvalue weighted by atomic mass is 10.1.